The monoisotopic (exact) mass is 231 g/mol. The second kappa shape index (κ2) is 6.21. The van der Waals surface area contributed by atoms with Gasteiger partial charge in [-0.15, -0.1) is 0 Å². The van der Waals surface area contributed by atoms with E-state index in [-0.39, 0.29) is 0 Å². The summed E-state index contributed by atoms with van der Waals surface area (Å²) in [4.78, 5) is 4.32. The summed E-state index contributed by atoms with van der Waals surface area (Å²) in [6.07, 6.45) is 5.63. The molecule has 0 saturated heterocycles. The Morgan fingerprint density at radius 3 is 3.00 bits per heavy atom. The fourth-order valence-corrected chi connectivity index (χ4v) is 1.48. The number of nitrogens with one attached hydrogen (secondary N) is 1. The maximum absolute atomic E-state index is 8.38. The topological polar surface area (TPSA) is 57.9 Å². The lowest BCUT2D eigenvalue weighted by Gasteiger charge is -2.06. The van der Waals surface area contributed by atoms with Crippen LogP contribution in [0.3, 0.4) is 0 Å². The second-order valence-corrected chi connectivity index (χ2v) is 4.25. The van der Waals surface area contributed by atoms with Gasteiger partial charge in [0.1, 0.15) is 5.75 Å². The van der Waals surface area contributed by atoms with Gasteiger partial charge in [0.05, 0.1) is 24.6 Å². The van der Waals surface area contributed by atoms with E-state index in [9.17, 15) is 0 Å². The largest absolute Gasteiger partial charge is 0.492 e. The van der Waals surface area contributed by atoms with Crippen LogP contribution in [0.4, 0.5) is 0 Å². The van der Waals surface area contributed by atoms with Crippen molar-refractivity contribution in [2.24, 2.45) is 0 Å². The Labute approximate surface area is 102 Å². The van der Waals surface area contributed by atoms with Crippen LogP contribution in [-0.2, 0) is 6.54 Å². The van der Waals surface area contributed by atoms with Crippen LogP contribution in [0.2, 0.25) is 0 Å². The van der Waals surface area contributed by atoms with E-state index in [0.717, 1.165) is 24.4 Å². The molecular formula is C13H17N3O. The van der Waals surface area contributed by atoms with Crippen molar-refractivity contribution in [2.75, 3.05) is 6.61 Å². The van der Waals surface area contributed by atoms with Gasteiger partial charge in [-0.2, -0.15) is 5.26 Å². The van der Waals surface area contributed by atoms with E-state index in [0.29, 0.717) is 19.1 Å². The number of ether oxygens (including phenoxy) is 1. The molecule has 0 bridgehead atoms. The minimum Gasteiger partial charge on any atom is -0.492 e. The first-order valence-corrected chi connectivity index (χ1v) is 6.06. The first kappa shape index (κ1) is 11.9. The quantitative estimate of drug-likeness (QED) is 0.729. The lowest BCUT2D eigenvalue weighted by Crippen LogP contribution is -2.16. The summed E-state index contributed by atoms with van der Waals surface area (Å²) in [6.45, 7) is 1.41. The Bertz CT molecular complexity index is 379. The van der Waals surface area contributed by atoms with Crippen molar-refractivity contribution in [3.63, 3.8) is 0 Å². The summed E-state index contributed by atoms with van der Waals surface area (Å²) >= 11 is 0. The summed E-state index contributed by atoms with van der Waals surface area (Å²) in [7, 11) is 0. The van der Waals surface area contributed by atoms with Gasteiger partial charge in [-0.3, -0.25) is 4.98 Å². The third kappa shape index (κ3) is 4.41. The average molecular weight is 231 g/mol. The zero-order valence-electron chi connectivity index (χ0n) is 9.85. The highest BCUT2D eigenvalue weighted by Gasteiger charge is 2.19. The SMILES string of the molecule is N#CCCCOc1ccc(CNC2CC2)nc1. The number of hydrogen-bond donors (Lipinski definition) is 1. The van der Waals surface area contributed by atoms with Crippen molar-refractivity contribution in [1.82, 2.24) is 10.3 Å². The van der Waals surface area contributed by atoms with E-state index < -0.39 is 0 Å². The number of nitrogens with zero attached hydrogens (tertiary/aromatic N) is 2. The van der Waals surface area contributed by atoms with Gasteiger partial charge in [0.2, 0.25) is 0 Å². The summed E-state index contributed by atoms with van der Waals surface area (Å²) in [5.41, 5.74) is 1.04. The molecule has 1 aliphatic rings. The predicted octanol–water partition coefficient (Wildman–Crippen LogP) is 2.02. The average Bonchev–Trinajstić information content (AvgIpc) is 3.18. The molecule has 0 radical (unpaired) electrons. The maximum Gasteiger partial charge on any atom is 0.137 e. The molecule has 1 N–H and O–H groups in total. The van der Waals surface area contributed by atoms with E-state index in [1.807, 2.05) is 12.1 Å². The van der Waals surface area contributed by atoms with Crippen molar-refractivity contribution in [1.29, 1.82) is 5.26 Å². The number of aromatic nitrogens is 1. The molecule has 4 nitrogen and oxygen atoms in total. The van der Waals surface area contributed by atoms with E-state index >= 15 is 0 Å². The molecule has 1 fully saturated rings. The van der Waals surface area contributed by atoms with E-state index in [1.165, 1.54) is 12.8 Å². The Morgan fingerprint density at radius 1 is 1.47 bits per heavy atom. The van der Waals surface area contributed by atoms with E-state index in [1.54, 1.807) is 6.20 Å². The minimum absolute atomic E-state index is 0.539. The summed E-state index contributed by atoms with van der Waals surface area (Å²) in [5.74, 6) is 0.776. The summed E-state index contributed by atoms with van der Waals surface area (Å²) in [5, 5.41) is 11.8. The van der Waals surface area contributed by atoms with Crippen LogP contribution in [0.15, 0.2) is 18.3 Å². The van der Waals surface area contributed by atoms with Gasteiger partial charge in [0.25, 0.3) is 0 Å². The molecule has 0 amide bonds. The Hall–Kier alpha value is -1.60. The van der Waals surface area contributed by atoms with Crippen molar-refractivity contribution in [3.05, 3.63) is 24.0 Å². The standard InChI is InChI=1S/C13H17N3O/c14-7-1-2-8-17-13-6-5-12(16-10-13)9-15-11-3-4-11/h5-6,10-11,15H,1-4,8-9H2. The van der Waals surface area contributed by atoms with Crippen LogP contribution in [-0.4, -0.2) is 17.6 Å². The van der Waals surface area contributed by atoms with Crippen molar-refractivity contribution < 1.29 is 4.74 Å². The van der Waals surface area contributed by atoms with Crippen molar-refractivity contribution in [2.45, 2.75) is 38.3 Å². The van der Waals surface area contributed by atoms with Gasteiger partial charge in [0.15, 0.2) is 0 Å². The molecule has 1 saturated carbocycles. The highest BCUT2D eigenvalue weighted by atomic mass is 16.5. The molecular weight excluding hydrogens is 214 g/mol. The molecule has 90 valence electrons. The van der Waals surface area contributed by atoms with Gasteiger partial charge in [0, 0.05) is 19.0 Å². The Morgan fingerprint density at radius 2 is 2.35 bits per heavy atom. The second-order valence-electron chi connectivity index (χ2n) is 4.25. The molecule has 1 aliphatic carbocycles. The summed E-state index contributed by atoms with van der Waals surface area (Å²) < 4.78 is 5.47. The van der Waals surface area contributed by atoms with Crippen LogP contribution in [0, 0.1) is 11.3 Å². The number of rotatable bonds is 7. The number of pyridine rings is 1. The molecule has 1 aromatic heterocycles. The first-order valence-electron chi connectivity index (χ1n) is 6.06. The fourth-order valence-electron chi connectivity index (χ4n) is 1.48. The number of hydrogen-bond acceptors (Lipinski definition) is 4. The molecule has 1 heterocycles. The van der Waals surface area contributed by atoms with Crippen LogP contribution >= 0.6 is 0 Å². The maximum atomic E-state index is 8.38. The Balaban J connectivity index is 1.70. The highest BCUT2D eigenvalue weighted by molar-refractivity contribution is 5.19. The van der Waals surface area contributed by atoms with Gasteiger partial charge in [-0.05, 0) is 31.4 Å². The number of unbranched alkanes of at least 4 members (excludes halogenated alkanes) is 1. The van der Waals surface area contributed by atoms with Crippen LogP contribution in [0.5, 0.6) is 5.75 Å². The van der Waals surface area contributed by atoms with E-state index in [2.05, 4.69) is 16.4 Å². The Kier molecular flexibility index (Phi) is 4.34. The predicted molar refractivity (Wildman–Crippen MR) is 64.4 cm³/mol. The van der Waals surface area contributed by atoms with Crippen molar-refractivity contribution in [3.8, 4) is 11.8 Å². The van der Waals surface area contributed by atoms with Gasteiger partial charge in [-0.25, -0.2) is 0 Å². The normalized spacial score (nSPS) is 14.3. The molecule has 2 rings (SSSR count). The summed E-state index contributed by atoms with van der Waals surface area (Å²) in [6, 6.07) is 6.71. The smallest absolute Gasteiger partial charge is 0.137 e. The molecule has 0 aliphatic heterocycles. The van der Waals surface area contributed by atoms with Crippen LogP contribution in [0.25, 0.3) is 0 Å². The minimum atomic E-state index is 0.539. The lowest BCUT2D eigenvalue weighted by molar-refractivity contribution is 0.311. The molecule has 1 aromatic rings. The highest BCUT2D eigenvalue weighted by Crippen LogP contribution is 2.19. The zero-order valence-corrected chi connectivity index (χ0v) is 9.85. The van der Waals surface area contributed by atoms with Crippen LogP contribution < -0.4 is 10.1 Å². The van der Waals surface area contributed by atoms with Crippen molar-refractivity contribution >= 4 is 0 Å². The molecule has 0 atom stereocenters. The molecule has 4 heteroatoms. The molecule has 0 aromatic carbocycles. The lowest BCUT2D eigenvalue weighted by atomic mass is 10.3. The van der Waals surface area contributed by atoms with Gasteiger partial charge in [-0.1, -0.05) is 0 Å². The van der Waals surface area contributed by atoms with Gasteiger partial charge < -0.3 is 10.1 Å². The zero-order chi connectivity index (χ0) is 11.9. The third-order valence-electron chi connectivity index (χ3n) is 2.65. The van der Waals surface area contributed by atoms with Crippen LogP contribution in [0.1, 0.15) is 31.4 Å². The first-order chi connectivity index (χ1) is 8.38. The third-order valence-corrected chi connectivity index (χ3v) is 2.65. The van der Waals surface area contributed by atoms with Gasteiger partial charge >= 0.3 is 0 Å². The molecule has 0 unspecified atom stereocenters. The molecule has 17 heavy (non-hydrogen) atoms. The number of nitriles is 1. The van der Waals surface area contributed by atoms with E-state index in [4.69, 9.17) is 10.00 Å². The molecule has 0 spiro atoms. The fraction of sp³-hybridized carbons (Fsp3) is 0.538.